The summed E-state index contributed by atoms with van der Waals surface area (Å²) in [6.45, 7) is 3.72. The average molecular weight is 348 g/mol. The Morgan fingerprint density at radius 1 is 1.08 bits per heavy atom. The first kappa shape index (κ1) is 16.8. The number of nitrogens with zero attached hydrogens (tertiary/aromatic N) is 1. The van der Waals surface area contributed by atoms with Crippen molar-refractivity contribution in [3.63, 3.8) is 0 Å². The molecule has 1 fully saturated rings. The summed E-state index contributed by atoms with van der Waals surface area (Å²) < 4.78 is 41.5. The highest BCUT2D eigenvalue weighted by Crippen LogP contribution is 2.31. The normalized spacial score (nSPS) is 14.8. The fourth-order valence-electron chi connectivity index (χ4n) is 2.93. The molecule has 3 rings (SSSR count). The third-order valence-corrected chi connectivity index (χ3v) is 5.67. The smallest absolute Gasteiger partial charge is 0.261 e. The zero-order valence-electron chi connectivity index (χ0n) is 13.6. The molecule has 128 valence electrons. The number of sulfonamides is 1. The maximum absolute atomic E-state index is 13.7. The molecule has 0 amide bonds. The summed E-state index contributed by atoms with van der Waals surface area (Å²) in [7, 11) is -3.75. The van der Waals surface area contributed by atoms with E-state index >= 15 is 0 Å². The van der Waals surface area contributed by atoms with Crippen LogP contribution in [0.5, 0.6) is 0 Å². The van der Waals surface area contributed by atoms with Crippen molar-refractivity contribution in [1.82, 2.24) is 0 Å². The van der Waals surface area contributed by atoms with E-state index in [1.165, 1.54) is 12.1 Å². The van der Waals surface area contributed by atoms with Crippen molar-refractivity contribution in [3.05, 3.63) is 53.8 Å². The number of hydrogen-bond donors (Lipinski definition) is 1. The minimum atomic E-state index is -3.75. The highest BCUT2D eigenvalue weighted by Gasteiger charge is 2.21. The molecule has 0 aromatic heterocycles. The predicted molar refractivity (Wildman–Crippen MR) is 94.5 cm³/mol. The molecule has 1 aliphatic heterocycles. The Bertz CT molecular complexity index is 813. The van der Waals surface area contributed by atoms with Gasteiger partial charge in [-0.3, -0.25) is 4.72 Å². The van der Waals surface area contributed by atoms with Crippen LogP contribution in [0.3, 0.4) is 0 Å². The number of nitrogens with one attached hydrogen (secondary N) is 1. The Hall–Kier alpha value is -2.08. The van der Waals surface area contributed by atoms with Crippen LogP contribution in [-0.4, -0.2) is 21.5 Å². The maximum atomic E-state index is 13.7. The van der Waals surface area contributed by atoms with Gasteiger partial charge in [-0.2, -0.15) is 0 Å². The van der Waals surface area contributed by atoms with Crippen molar-refractivity contribution in [2.75, 3.05) is 22.7 Å². The lowest BCUT2D eigenvalue weighted by atomic mass is 10.2. The molecule has 24 heavy (non-hydrogen) atoms. The summed E-state index contributed by atoms with van der Waals surface area (Å²) in [6.07, 6.45) is 2.96. The van der Waals surface area contributed by atoms with E-state index in [9.17, 15) is 12.8 Å². The molecule has 6 heteroatoms. The summed E-state index contributed by atoms with van der Waals surface area (Å²) in [5, 5.41) is 0. The van der Waals surface area contributed by atoms with Gasteiger partial charge in [-0.15, -0.1) is 0 Å². The Kier molecular flexibility index (Phi) is 4.76. The highest BCUT2D eigenvalue weighted by molar-refractivity contribution is 7.92. The zero-order chi connectivity index (χ0) is 17.2. The van der Waals surface area contributed by atoms with Gasteiger partial charge in [0, 0.05) is 19.2 Å². The number of hydrogen-bond acceptors (Lipinski definition) is 3. The number of halogens is 1. The second-order valence-electron chi connectivity index (χ2n) is 5.96. The van der Waals surface area contributed by atoms with E-state index in [2.05, 4.69) is 9.62 Å². The third kappa shape index (κ3) is 3.53. The van der Waals surface area contributed by atoms with E-state index in [4.69, 9.17) is 0 Å². The lowest BCUT2D eigenvalue weighted by Crippen LogP contribution is -2.21. The van der Waals surface area contributed by atoms with Crippen LogP contribution in [0.4, 0.5) is 15.8 Å². The van der Waals surface area contributed by atoms with Crippen LogP contribution in [0.1, 0.15) is 25.3 Å². The van der Waals surface area contributed by atoms with Gasteiger partial charge < -0.3 is 4.90 Å². The third-order valence-electron chi connectivity index (χ3n) is 4.29. The first-order chi connectivity index (χ1) is 11.5. The summed E-state index contributed by atoms with van der Waals surface area (Å²) in [6, 6.07) is 11.0. The van der Waals surface area contributed by atoms with Gasteiger partial charge in [-0.05, 0) is 49.1 Å². The maximum Gasteiger partial charge on any atom is 0.261 e. The number of benzene rings is 2. The first-order valence-corrected chi connectivity index (χ1v) is 9.64. The molecule has 0 atom stereocenters. The Morgan fingerprint density at radius 2 is 1.75 bits per heavy atom. The molecular weight excluding hydrogens is 327 g/mol. The van der Waals surface area contributed by atoms with Crippen molar-refractivity contribution in [2.24, 2.45) is 0 Å². The van der Waals surface area contributed by atoms with Gasteiger partial charge in [0.05, 0.1) is 16.3 Å². The Morgan fingerprint density at radius 3 is 2.38 bits per heavy atom. The van der Waals surface area contributed by atoms with Crippen LogP contribution in [0.15, 0.2) is 47.4 Å². The second-order valence-corrected chi connectivity index (χ2v) is 7.64. The van der Waals surface area contributed by atoms with Crippen molar-refractivity contribution >= 4 is 21.4 Å². The van der Waals surface area contributed by atoms with Crippen molar-refractivity contribution in [2.45, 2.75) is 31.1 Å². The van der Waals surface area contributed by atoms with Gasteiger partial charge in [0.25, 0.3) is 10.0 Å². The van der Waals surface area contributed by atoms with Crippen LogP contribution < -0.4 is 9.62 Å². The molecule has 1 aliphatic rings. The zero-order valence-corrected chi connectivity index (χ0v) is 14.4. The van der Waals surface area contributed by atoms with Gasteiger partial charge in [0.1, 0.15) is 5.82 Å². The summed E-state index contributed by atoms with van der Waals surface area (Å²) >= 11 is 0. The largest absolute Gasteiger partial charge is 0.370 e. The Labute approximate surface area is 142 Å². The van der Waals surface area contributed by atoms with E-state index in [1.54, 1.807) is 30.3 Å². The molecule has 1 heterocycles. The number of aryl methyl sites for hydroxylation is 1. The van der Waals surface area contributed by atoms with Gasteiger partial charge in [0.2, 0.25) is 0 Å². The Balaban J connectivity index is 1.92. The van der Waals surface area contributed by atoms with Gasteiger partial charge in [0.15, 0.2) is 0 Å². The van der Waals surface area contributed by atoms with Crippen LogP contribution in [-0.2, 0) is 16.4 Å². The molecule has 1 saturated heterocycles. The van der Waals surface area contributed by atoms with E-state index in [1.807, 2.05) is 6.92 Å². The predicted octanol–water partition coefficient (Wildman–Crippen LogP) is 3.79. The lowest BCUT2D eigenvalue weighted by Gasteiger charge is -2.22. The highest BCUT2D eigenvalue weighted by atomic mass is 32.2. The molecule has 0 saturated carbocycles. The first-order valence-electron chi connectivity index (χ1n) is 8.16. The minimum absolute atomic E-state index is 0.177. The molecule has 1 N–H and O–H groups in total. The van der Waals surface area contributed by atoms with Crippen molar-refractivity contribution in [3.8, 4) is 0 Å². The SMILES string of the molecule is CCc1ccc(S(=O)(=O)Nc2cc(F)ccc2N2CCCC2)cc1. The molecule has 0 bridgehead atoms. The lowest BCUT2D eigenvalue weighted by molar-refractivity contribution is 0.601. The van der Waals surface area contributed by atoms with Crippen LogP contribution in [0.2, 0.25) is 0 Å². The van der Waals surface area contributed by atoms with Gasteiger partial charge in [-0.25, -0.2) is 12.8 Å². The van der Waals surface area contributed by atoms with Crippen molar-refractivity contribution in [1.29, 1.82) is 0 Å². The van der Waals surface area contributed by atoms with Gasteiger partial charge in [-0.1, -0.05) is 19.1 Å². The fourth-order valence-corrected chi connectivity index (χ4v) is 4.00. The molecule has 0 unspecified atom stereocenters. The topological polar surface area (TPSA) is 49.4 Å². The minimum Gasteiger partial charge on any atom is -0.370 e. The van der Waals surface area contributed by atoms with Crippen LogP contribution in [0, 0.1) is 5.82 Å². The molecule has 0 radical (unpaired) electrons. The number of rotatable bonds is 5. The summed E-state index contributed by atoms with van der Waals surface area (Å²) in [5.74, 6) is -0.461. The molecular formula is C18H21FN2O2S. The summed E-state index contributed by atoms with van der Waals surface area (Å²) in [5.41, 5.74) is 2.08. The molecule has 0 aliphatic carbocycles. The molecule has 2 aromatic carbocycles. The van der Waals surface area contributed by atoms with Crippen molar-refractivity contribution < 1.29 is 12.8 Å². The number of anilines is 2. The van der Waals surface area contributed by atoms with E-state index < -0.39 is 15.8 Å². The van der Waals surface area contributed by atoms with E-state index in [0.717, 1.165) is 43.6 Å². The quantitative estimate of drug-likeness (QED) is 0.894. The average Bonchev–Trinajstić information content (AvgIpc) is 3.09. The van der Waals surface area contributed by atoms with Crippen LogP contribution in [0.25, 0.3) is 0 Å². The van der Waals surface area contributed by atoms with Crippen LogP contribution >= 0.6 is 0 Å². The van der Waals surface area contributed by atoms with E-state index in [0.29, 0.717) is 0 Å². The molecule has 4 nitrogen and oxygen atoms in total. The fraction of sp³-hybridized carbons (Fsp3) is 0.333. The summed E-state index contributed by atoms with van der Waals surface area (Å²) in [4.78, 5) is 2.26. The second kappa shape index (κ2) is 6.81. The molecule has 2 aromatic rings. The van der Waals surface area contributed by atoms with E-state index in [-0.39, 0.29) is 10.6 Å². The van der Waals surface area contributed by atoms with Gasteiger partial charge >= 0.3 is 0 Å². The monoisotopic (exact) mass is 348 g/mol. The standard InChI is InChI=1S/C18H21FN2O2S/c1-2-14-5-8-16(9-6-14)24(22,23)20-17-13-15(19)7-10-18(17)21-11-3-4-12-21/h5-10,13,20H,2-4,11-12H2,1H3. The molecule has 0 spiro atoms.